The highest BCUT2D eigenvalue weighted by atomic mass is 35.5. The van der Waals surface area contributed by atoms with E-state index in [1.54, 1.807) is 6.92 Å². The average molecular weight is 313 g/mol. The van der Waals surface area contributed by atoms with Gasteiger partial charge in [0.05, 0.1) is 5.69 Å². The molecule has 1 aliphatic rings. The summed E-state index contributed by atoms with van der Waals surface area (Å²) in [4.78, 5) is 26.0. The van der Waals surface area contributed by atoms with Crippen LogP contribution in [0, 0.1) is 11.2 Å². The molecule has 1 saturated heterocycles. The van der Waals surface area contributed by atoms with Crippen molar-refractivity contribution in [2.75, 3.05) is 4.90 Å². The first kappa shape index (κ1) is 15.8. The molecule has 1 aromatic carbocycles. The number of hydrogen-bond acceptors (Lipinski definition) is 2. The maximum atomic E-state index is 14.1. The number of piperazine rings is 1. The number of carbonyl (C=O) groups is 2. The van der Waals surface area contributed by atoms with Crippen LogP contribution in [0.5, 0.6) is 0 Å². The fourth-order valence-corrected chi connectivity index (χ4v) is 2.52. The molecular weight excluding hydrogens is 295 g/mol. The lowest BCUT2D eigenvalue weighted by Gasteiger charge is -2.42. The minimum absolute atomic E-state index is 0.0704. The number of amides is 2. The highest BCUT2D eigenvalue weighted by molar-refractivity contribution is 6.30. The van der Waals surface area contributed by atoms with Crippen molar-refractivity contribution in [2.24, 2.45) is 5.41 Å². The first-order valence-corrected chi connectivity index (χ1v) is 7.09. The zero-order chi connectivity index (χ0) is 15.9. The molecule has 1 aliphatic heterocycles. The van der Waals surface area contributed by atoms with Crippen LogP contribution in [-0.4, -0.2) is 23.9 Å². The predicted octanol–water partition coefficient (Wildman–Crippen LogP) is 2.75. The van der Waals surface area contributed by atoms with Gasteiger partial charge >= 0.3 is 0 Å². The summed E-state index contributed by atoms with van der Waals surface area (Å²) < 4.78 is 14.1. The van der Waals surface area contributed by atoms with Crippen molar-refractivity contribution in [3.8, 4) is 0 Å². The van der Waals surface area contributed by atoms with Crippen LogP contribution in [0.4, 0.5) is 10.1 Å². The third-order valence-corrected chi connectivity index (χ3v) is 3.81. The summed E-state index contributed by atoms with van der Waals surface area (Å²) in [6, 6.07) is 2.58. The molecule has 0 aromatic heterocycles. The van der Waals surface area contributed by atoms with Crippen LogP contribution in [0.3, 0.4) is 0 Å². The quantitative estimate of drug-likeness (QED) is 0.867. The van der Waals surface area contributed by atoms with Gasteiger partial charge in [-0.15, -0.1) is 0 Å². The maximum absolute atomic E-state index is 14.1. The first-order valence-electron chi connectivity index (χ1n) is 6.71. The van der Waals surface area contributed by atoms with Gasteiger partial charge in [-0.2, -0.15) is 0 Å². The van der Waals surface area contributed by atoms with Gasteiger partial charge in [0.2, 0.25) is 5.91 Å². The third-order valence-electron chi connectivity index (χ3n) is 3.57. The molecule has 21 heavy (non-hydrogen) atoms. The standard InChI is InChI=1S/C15H18ClFN2O2/c1-8-13(20)18-12(15(2,3)4)14(21)19(8)11-6-5-9(16)7-10(11)17/h5-8,12H,1-4H3,(H,18,20). The lowest BCUT2D eigenvalue weighted by molar-refractivity contribution is -0.136. The Hall–Kier alpha value is -1.62. The van der Waals surface area contributed by atoms with Crippen molar-refractivity contribution in [1.82, 2.24) is 5.32 Å². The minimum atomic E-state index is -0.772. The van der Waals surface area contributed by atoms with E-state index >= 15 is 0 Å². The highest BCUT2D eigenvalue weighted by Gasteiger charge is 2.44. The van der Waals surface area contributed by atoms with Crippen LogP contribution < -0.4 is 10.2 Å². The van der Waals surface area contributed by atoms with Gasteiger partial charge < -0.3 is 5.32 Å². The summed E-state index contributed by atoms with van der Waals surface area (Å²) in [5, 5.41) is 2.95. The van der Waals surface area contributed by atoms with Crippen molar-refractivity contribution in [1.29, 1.82) is 0 Å². The van der Waals surface area contributed by atoms with Crippen molar-refractivity contribution in [3.05, 3.63) is 29.0 Å². The average Bonchev–Trinajstić information content (AvgIpc) is 2.35. The molecule has 6 heteroatoms. The second-order valence-corrected chi connectivity index (χ2v) is 6.72. The van der Waals surface area contributed by atoms with Gasteiger partial charge in [-0.3, -0.25) is 14.5 Å². The van der Waals surface area contributed by atoms with Gasteiger partial charge in [0.1, 0.15) is 17.9 Å². The molecule has 1 heterocycles. The normalized spacial score (nSPS) is 23.2. The van der Waals surface area contributed by atoms with Crippen molar-refractivity contribution in [2.45, 2.75) is 39.8 Å². The van der Waals surface area contributed by atoms with Crippen LogP contribution in [0.25, 0.3) is 0 Å². The second-order valence-electron chi connectivity index (χ2n) is 6.29. The molecule has 0 bridgehead atoms. The van der Waals surface area contributed by atoms with Gasteiger partial charge in [-0.1, -0.05) is 32.4 Å². The molecule has 4 nitrogen and oxygen atoms in total. The Bertz CT molecular complexity index is 598. The molecule has 114 valence electrons. The minimum Gasteiger partial charge on any atom is -0.342 e. The topological polar surface area (TPSA) is 49.4 Å². The van der Waals surface area contributed by atoms with Gasteiger partial charge in [-0.05, 0) is 30.5 Å². The van der Waals surface area contributed by atoms with Gasteiger partial charge in [-0.25, -0.2) is 4.39 Å². The largest absolute Gasteiger partial charge is 0.342 e. The summed E-state index contributed by atoms with van der Waals surface area (Å²) in [5.74, 6) is -1.25. The number of anilines is 1. The second kappa shape index (κ2) is 5.30. The van der Waals surface area contributed by atoms with E-state index < -0.39 is 23.3 Å². The van der Waals surface area contributed by atoms with E-state index in [1.165, 1.54) is 17.0 Å². The molecule has 2 atom stereocenters. The molecule has 0 radical (unpaired) electrons. The lowest BCUT2D eigenvalue weighted by atomic mass is 9.84. The predicted molar refractivity (Wildman–Crippen MR) is 79.7 cm³/mol. The van der Waals surface area contributed by atoms with E-state index in [0.717, 1.165) is 6.07 Å². The molecule has 1 N–H and O–H groups in total. The molecule has 0 aliphatic carbocycles. The Balaban J connectivity index is 2.48. The fourth-order valence-electron chi connectivity index (χ4n) is 2.36. The number of rotatable bonds is 1. The van der Waals surface area contributed by atoms with Crippen molar-refractivity contribution in [3.63, 3.8) is 0 Å². The number of hydrogen-bond donors (Lipinski definition) is 1. The molecule has 1 fully saturated rings. The fraction of sp³-hybridized carbons (Fsp3) is 0.467. The first-order chi connectivity index (χ1) is 9.62. The smallest absolute Gasteiger partial charge is 0.250 e. The number of halogens is 2. The summed E-state index contributed by atoms with van der Waals surface area (Å²) in [5.41, 5.74) is -0.394. The van der Waals surface area contributed by atoms with Crippen LogP contribution in [0.15, 0.2) is 18.2 Å². The van der Waals surface area contributed by atoms with E-state index in [9.17, 15) is 14.0 Å². The summed E-state index contributed by atoms with van der Waals surface area (Å²) in [6.07, 6.45) is 0. The molecular formula is C15H18ClFN2O2. The van der Waals surface area contributed by atoms with E-state index in [4.69, 9.17) is 11.6 Å². The molecule has 0 saturated carbocycles. The molecule has 2 amide bonds. The van der Waals surface area contributed by atoms with E-state index in [0.29, 0.717) is 0 Å². The number of benzene rings is 1. The third kappa shape index (κ3) is 2.88. The highest BCUT2D eigenvalue weighted by Crippen LogP contribution is 2.31. The zero-order valence-corrected chi connectivity index (χ0v) is 13.2. The van der Waals surface area contributed by atoms with E-state index in [2.05, 4.69) is 5.32 Å². The van der Waals surface area contributed by atoms with Crippen LogP contribution in [-0.2, 0) is 9.59 Å². The summed E-state index contributed by atoms with van der Waals surface area (Å²) in [7, 11) is 0. The van der Waals surface area contributed by atoms with E-state index in [1.807, 2.05) is 20.8 Å². The Morgan fingerprint density at radius 2 is 1.90 bits per heavy atom. The Labute approximate surface area is 128 Å². The van der Waals surface area contributed by atoms with Crippen molar-refractivity contribution < 1.29 is 14.0 Å². The van der Waals surface area contributed by atoms with Gasteiger partial charge in [0.25, 0.3) is 5.91 Å². The number of nitrogens with zero attached hydrogens (tertiary/aromatic N) is 1. The molecule has 0 spiro atoms. The van der Waals surface area contributed by atoms with Crippen LogP contribution >= 0.6 is 11.6 Å². The Kier molecular flexibility index (Phi) is 3.97. The zero-order valence-electron chi connectivity index (χ0n) is 12.4. The maximum Gasteiger partial charge on any atom is 0.250 e. The molecule has 1 aromatic rings. The summed E-state index contributed by atoms with van der Waals surface area (Å²) >= 11 is 5.74. The monoisotopic (exact) mass is 312 g/mol. The Morgan fingerprint density at radius 3 is 2.43 bits per heavy atom. The van der Waals surface area contributed by atoms with E-state index in [-0.39, 0.29) is 22.5 Å². The number of carbonyl (C=O) groups excluding carboxylic acids is 2. The lowest BCUT2D eigenvalue weighted by Crippen LogP contribution is -2.66. The van der Waals surface area contributed by atoms with Gasteiger partial charge in [0, 0.05) is 5.02 Å². The Morgan fingerprint density at radius 1 is 1.29 bits per heavy atom. The van der Waals surface area contributed by atoms with Gasteiger partial charge in [0.15, 0.2) is 0 Å². The summed E-state index contributed by atoms with van der Waals surface area (Å²) in [6.45, 7) is 7.12. The van der Waals surface area contributed by atoms with Crippen LogP contribution in [0.1, 0.15) is 27.7 Å². The van der Waals surface area contributed by atoms with Crippen LogP contribution in [0.2, 0.25) is 5.02 Å². The molecule has 2 rings (SSSR count). The number of nitrogens with one attached hydrogen (secondary N) is 1. The molecule has 2 unspecified atom stereocenters. The van der Waals surface area contributed by atoms with Crippen molar-refractivity contribution >= 4 is 29.1 Å². The SMILES string of the molecule is CC1C(=O)NC(C(C)(C)C)C(=O)N1c1ccc(Cl)cc1F.